The predicted molar refractivity (Wildman–Crippen MR) is 87.6 cm³/mol. The predicted octanol–water partition coefficient (Wildman–Crippen LogP) is 4.51. The summed E-state index contributed by atoms with van der Waals surface area (Å²) in [5.74, 6) is 0.794. The average molecular weight is 298 g/mol. The Morgan fingerprint density at radius 1 is 1.14 bits per heavy atom. The number of unbranched alkanes of at least 4 members (excludes halogenated alkanes) is 1. The number of hydrogen-bond donors (Lipinski definition) is 0. The van der Waals surface area contributed by atoms with Gasteiger partial charge in [0.2, 0.25) is 0 Å². The standard InChI is InChI=1S/C17H18N2O3/c1-3-4-9-18-16-8-5-12(19(20)21)10-15(16)14-7-6-13(22-2)11-17(14)18/h5-8,10-11H,3-4,9H2,1-2H3. The lowest BCUT2D eigenvalue weighted by Crippen LogP contribution is -1.97. The molecule has 0 saturated heterocycles. The van der Waals surface area contributed by atoms with Gasteiger partial charge in [0.05, 0.1) is 17.5 Å². The van der Waals surface area contributed by atoms with Gasteiger partial charge in [0.15, 0.2) is 0 Å². The van der Waals surface area contributed by atoms with Gasteiger partial charge in [0.25, 0.3) is 5.69 Å². The third kappa shape index (κ3) is 2.28. The molecule has 0 aliphatic rings. The number of ether oxygens (including phenoxy) is 1. The molecule has 0 unspecified atom stereocenters. The normalized spacial score (nSPS) is 11.2. The van der Waals surface area contributed by atoms with Gasteiger partial charge in [-0.3, -0.25) is 10.1 Å². The number of nitrogens with zero attached hydrogens (tertiary/aromatic N) is 2. The summed E-state index contributed by atoms with van der Waals surface area (Å²) in [6.45, 7) is 3.04. The summed E-state index contributed by atoms with van der Waals surface area (Å²) in [5, 5.41) is 13.0. The van der Waals surface area contributed by atoms with Gasteiger partial charge in [0, 0.05) is 41.0 Å². The van der Waals surface area contributed by atoms with Crippen LogP contribution >= 0.6 is 0 Å². The van der Waals surface area contributed by atoms with Gasteiger partial charge in [-0.15, -0.1) is 0 Å². The number of methoxy groups -OCH3 is 1. The molecule has 0 spiro atoms. The molecule has 5 nitrogen and oxygen atoms in total. The van der Waals surface area contributed by atoms with Crippen LogP contribution < -0.4 is 4.74 Å². The molecule has 1 heterocycles. The van der Waals surface area contributed by atoms with Gasteiger partial charge >= 0.3 is 0 Å². The summed E-state index contributed by atoms with van der Waals surface area (Å²) in [6, 6.07) is 10.9. The number of nitro benzene ring substituents is 1. The molecule has 0 atom stereocenters. The quantitative estimate of drug-likeness (QED) is 0.514. The average Bonchev–Trinajstić information content (AvgIpc) is 2.85. The van der Waals surface area contributed by atoms with Crippen molar-refractivity contribution >= 4 is 27.5 Å². The molecule has 0 amide bonds. The lowest BCUT2D eigenvalue weighted by Gasteiger charge is -2.07. The van der Waals surface area contributed by atoms with Crippen molar-refractivity contribution in [3.8, 4) is 5.75 Å². The van der Waals surface area contributed by atoms with E-state index < -0.39 is 0 Å². The van der Waals surface area contributed by atoms with Gasteiger partial charge in [-0.05, 0) is 24.6 Å². The van der Waals surface area contributed by atoms with Crippen LogP contribution in [0.15, 0.2) is 36.4 Å². The number of aromatic nitrogens is 1. The molecule has 0 bridgehead atoms. The van der Waals surface area contributed by atoms with Crippen LogP contribution in [0.3, 0.4) is 0 Å². The van der Waals surface area contributed by atoms with E-state index in [-0.39, 0.29) is 10.6 Å². The molecule has 114 valence electrons. The number of benzene rings is 2. The monoisotopic (exact) mass is 298 g/mol. The first-order valence-electron chi connectivity index (χ1n) is 7.40. The number of rotatable bonds is 5. The van der Waals surface area contributed by atoms with E-state index in [1.54, 1.807) is 19.2 Å². The fraction of sp³-hybridized carbons (Fsp3) is 0.294. The van der Waals surface area contributed by atoms with Crippen LogP contribution in [0.1, 0.15) is 19.8 Å². The fourth-order valence-corrected chi connectivity index (χ4v) is 2.87. The Bertz CT molecular complexity index is 852. The van der Waals surface area contributed by atoms with Crippen LogP contribution in [0.4, 0.5) is 5.69 Å². The van der Waals surface area contributed by atoms with E-state index in [9.17, 15) is 10.1 Å². The molecule has 5 heteroatoms. The van der Waals surface area contributed by atoms with Crippen LogP contribution in [0.25, 0.3) is 21.8 Å². The first-order valence-corrected chi connectivity index (χ1v) is 7.40. The summed E-state index contributed by atoms with van der Waals surface area (Å²) in [5.41, 5.74) is 2.21. The highest BCUT2D eigenvalue weighted by Gasteiger charge is 2.15. The summed E-state index contributed by atoms with van der Waals surface area (Å²) in [6.07, 6.45) is 2.16. The van der Waals surface area contributed by atoms with Crippen LogP contribution in [0.5, 0.6) is 5.75 Å². The summed E-state index contributed by atoms with van der Waals surface area (Å²) in [7, 11) is 1.64. The zero-order valence-electron chi connectivity index (χ0n) is 12.7. The Balaban J connectivity index is 2.32. The van der Waals surface area contributed by atoms with Gasteiger partial charge in [-0.2, -0.15) is 0 Å². The summed E-state index contributed by atoms with van der Waals surface area (Å²) >= 11 is 0. The largest absolute Gasteiger partial charge is 0.497 e. The number of fused-ring (bicyclic) bond motifs is 3. The van der Waals surface area contributed by atoms with Crippen LogP contribution in [0.2, 0.25) is 0 Å². The summed E-state index contributed by atoms with van der Waals surface area (Å²) < 4.78 is 7.54. The van der Waals surface area contributed by atoms with Crippen molar-refractivity contribution in [1.29, 1.82) is 0 Å². The van der Waals surface area contributed by atoms with Crippen molar-refractivity contribution in [2.75, 3.05) is 7.11 Å². The third-order valence-corrected chi connectivity index (χ3v) is 4.00. The van der Waals surface area contributed by atoms with Crippen LogP contribution in [-0.2, 0) is 6.54 Å². The number of nitro groups is 1. The maximum atomic E-state index is 11.0. The lowest BCUT2D eigenvalue weighted by atomic mass is 10.1. The topological polar surface area (TPSA) is 57.3 Å². The van der Waals surface area contributed by atoms with E-state index in [1.165, 1.54) is 0 Å². The minimum absolute atomic E-state index is 0.123. The second kappa shape index (κ2) is 5.67. The summed E-state index contributed by atoms with van der Waals surface area (Å²) in [4.78, 5) is 10.7. The molecule has 0 N–H and O–H groups in total. The first-order chi connectivity index (χ1) is 10.7. The number of aryl methyl sites for hydroxylation is 1. The highest BCUT2D eigenvalue weighted by atomic mass is 16.6. The molecular weight excluding hydrogens is 280 g/mol. The van der Waals surface area contributed by atoms with Gasteiger partial charge in [-0.1, -0.05) is 13.3 Å². The second-order valence-electron chi connectivity index (χ2n) is 5.35. The van der Waals surface area contributed by atoms with Gasteiger partial charge in [0.1, 0.15) is 5.75 Å². The minimum atomic E-state index is -0.349. The Hall–Kier alpha value is -2.56. The van der Waals surface area contributed by atoms with E-state index in [0.29, 0.717) is 0 Å². The third-order valence-electron chi connectivity index (χ3n) is 4.00. The van der Waals surface area contributed by atoms with Crippen LogP contribution in [0, 0.1) is 10.1 Å². The van der Waals surface area contributed by atoms with Crippen LogP contribution in [-0.4, -0.2) is 16.6 Å². The molecule has 0 saturated carbocycles. The van der Waals surface area contributed by atoms with Gasteiger partial charge in [-0.25, -0.2) is 0 Å². The molecule has 0 aliphatic heterocycles. The Morgan fingerprint density at radius 3 is 2.64 bits per heavy atom. The molecule has 0 radical (unpaired) electrons. The van der Waals surface area contributed by atoms with Crippen molar-refractivity contribution in [2.24, 2.45) is 0 Å². The maximum Gasteiger partial charge on any atom is 0.270 e. The number of hydrogen-bond acceptors (Lipinski definition) is 3. The molecule has 0 aliphatic carbocycles. The molecule has 22 heavy (non-hydrogen) atoms. The van der Waals surface area contributed by atoms with Gasteiger partial charge < -0.3 is 9.30 Å². The molecule has 2 aromatic carbocycles. The molecule has 1 aromatic heterocycles. The molecule has 0 fully saturated rings. The SMILES string of the molecule is CCCCn1c2ccc([N+](=O)[O-])cc2c2ccc(OC)cc21. The smallest absolute Gasteiger partial charge is 0.270 e. The van der Waals surface area contributed by atoms with Crippen molar-refractivity contribution < 1.29 is 9.66 Å². The Labute approximate surface area is 128 Å². The second-order valence-corrected chi connectivity index (χ2v) is 5.35. The Morgan fingerprint density at radius 2 is 1.95 bits per heavy atom. The molecule has 3 rings (SSSR count). The highest BCUT2D eigenvalue weighted by molar-refractivity contribution is 6.09. The highest BCUT2D eigenvalue weighted by Crippen LogP contribution is 2.34. The van der Waals surface area contributed by atoms with Crippen molar-refractivity contribution in [2.45, 2.75) is 26.3 Å². The molecular formula is C17H18N2O3. The maximum absolute atomic E-state index is 11.0. The van der Waals surface area contributed by atoms with E-state index in [0.717, 1.165) is 46.9 Å². The number of non-ortho nitro benzene ring substituents is 1. The zero-order chi connectivity index (χ0) is 15.7. The Kier molecular flexibility index (Phi) is 3.71. The van der Waals surface area contributed by atoms with Crippen molar-refractivity contribution in [3.63, 3.8) is 0 Å². The zero-order valence-corrected chi connectivity index (χ0v) is 12.7. The first kappa shape index (κ1) is 14.4. The van der Waals surface area contributed by atoms with E-state index in [1.807, 2.05) is 24.3 Å². The fourth-order valence-electron chi connectivity index (χ4n) is 2.87. The van der Waals surface area contributed by atoms with Crippen molar-refractivity contribution in [3.05, 3.63) is 46.5 Å². The van der Waals surface area contributed by atoms with E-state index >= 15 is 0 Å². The van der Waals surface area contributed by atoms with E-state index in [4.69, 9.17) is 4.74 Å². The van der Waals surface area contributed by atoms with E-state index in [2.05, 4.69) is 11.5 Å². The molecule has 3 aromatic rings. The van der Waals surface area contributed by atoms with Crippen molar-refractivity contribution in [1.82, 2.24) is 4.57 Å². The lowest BCUT2D eigenvalue weighted by molar-refractivity contribution is -0.384. The minimum Gasteiger partial charge on any atom is -0.497 e.